The fourth-order valence-electron chi connectivity index (χ4n) is 4.80. The summed E-state index contributed by atoms with van der Waals surface area (Å²) in [5.74, 6) is 0.787. The summed E-state index contributed by atoms with van der Waals surface area (Å²) in [5, 5.41) is 0.134. The first-order valence-electron chi connectivity index (χ1n) is 12.0. The van der Waals surface area contributed by atoms with Crippen LogP contribution in [0.1, 0.15) is 58.1 Å². The van der Waals surface area contributed by atoms with Gasteiger partial charge in [-0.2, -0.15) is 0 Å². The van der Waals surface area contributed by atoms with Crippen molar-refractivity contribution < 1.29 is 14.0 Å². The highest BCUT2D eigenvalue weighted by Gasteiger charge is 2.47. The van der Waals surface area contributed by atoms with Gasteiger partial charge in [-0.15, -0.1) is 0 Å². The second-order valence-corrected chi connectivity index (χ2v) is 15.1. The maximum absolute atomic E-state index is 13.1. The summed E-state index contributed by atoms with van der Waals surface area (Å²) in [7, 11) is -1.98. The molecule has 6 nitrogen and oxygen atoms in total. The van der Waals surface area contributed by atoms with Crippen LogP contribution in [0.5, 0.6) is 0 Å². The largest absolute Gasteiger partial charge is 0.445 e. The zero-order chi connectivity index (χ0) is 24.1. The van der Waals surface area contributed by atoms with Crippen molar-refractivity contribution in [2.24, 2.45) is 0 Å². The molecule has 0 radical (unpaired) electrons. The maximum atomic E-state index is 13.1. The van der Waals surface area contributed by atoms with E-state index in [1.165, 1.54) is 0 Å². The van der Waals surface area contributed by atoms with Gasteiger partial charge in [0, 0.05) is 12.7 Å². The molecule has 2 heterocycles. The van der Waals surface area contributed by atoms with Gasteiger partial charge in [0.2, 0.25) is 0 Å². The smallest absolute Gasteiger partial charge is 0.410 e. The third-order valence-corrected chi connectivity index (χ3v) is 12.7. The number of hydrogen-bond donors (Lipinski definition) is 1. The van der Waals surface area contributed by atoms with Crippen LogP contribution in [0.25, 0.3) is 6.08 Å². The molecule has 180 valence electrons. The molecule has 2 aromatic rings. The predicted molar refractivity (Wildman–Crippen MR) is 135 cm³/mol. The van der Waals surface area contributed by atoms with Gasteiger partial charge in [-0.25, -0.2) is 9.78 Å². The monoisotopic (exact) mass is 469 g/mol. The van der Waals surface area contributed by atoms with Crippen molar-refractivity contribution in [2.75, 3.05) is 6.54 Å². The third kappa shape index (κ3) is 6.15. The van der Waals surface area contributed by atoms with Gasteiger partial charge >= 0.3 is 6.09 Å². The lowest BCUT2D eigenvalue weighted by molar-refractivity contribution is 0.0925. The molecule has 1 N–H and O–H groups in total. The molecule has 1 saturated heterocycles. The van der Waals surface area contributed by atoms with Crippen LogP contribution in [-0.2, 0) is 15.8 Å². The third-order valence-electron chi connectivity index (χ3n) is 6.85. The van der Waals surface area contributed by atoms with E-state index in [0.717, 1.165) is 35.6 Å². The lowest BCUT2D eigenvalue weighted by Crippen LogP contribution is -2.49. The molecule has 1 aliphatic rings. The molecule has 2 atom stereocenters. The number of amides is 1. The maximum Gasteiger partial charge on any atom is 0.410 e. The number of hydrogen-bond acceptors (Lipinski definition) is 4. The lowest BCUT2D eigenvalue weighted by Gasteiger charge is -2.43. The highest BCUT2D eigenvalue weighted by molar-refractivity contribution is 6.76. The van der Waals surface area contributed by atoms with Crippen LogP contribution in [0.3, 0.4) is 0 Å². The highest BCUT2D eigenvalue weighted by Crippen LogP contribution is 2.44. The van der Waals surface area contributed by atoms with E-state index >= 15 is 0 Å². The summed E-state index contributed by atoms with van der Waals surface area (Å²) >= 11 is 0. The van der Waals surface area contributed by atoms with Crippen molar-refractivity contribution >= 4 is 20.5 Å². The Labute approximate surface area is 199 Å². The van der Waals surface area contributed by atoms with Crippen LogP contribution in [0, 0.1) is 6.92 Å². The molecule has 33 heavy (non-hydrogen) atoms. The molecular formula is C26H39N3O3Si. The zero-order valence-corrected chi connectivity index (χ0v) is 21.9. The minimum absolute atomic E-state index is 0.00746. The van der Waals surface area contributed by atoms with Gasteiger partial charge in [0.05, 0.1) is 17.8 Å². The number of nitrogens with zero attached hydrogens (tertiary/aromatic N) is 2. The van der Waals surface area contributed by atoms with Crippen LogP contribution < -0.4 is 0 Å². The molecule has 1 amide bonds. The molecule has 0 bridgehead atoms. The number of carbonyl (C=O) groups is 1. The molecule has 0 aliphatic carbocycles. The van der Waals surface area contributed by atoms with E-state index in [1.807, 2.05) is 60.5 Å². The van der Waals surface area contributed by atoms with Crippen LogP contribution in [0.2, 0.25) is 17.1 Å². The summed E-state index contributed by atoms with van der Waals surface area (Å²) in [6.45, 7) is 14.1. The molecular weight excluding hydrogens is 430 g/mol. The fraction of sp³-hybridized carbons (Fsp3) is 0.538. The summed E-state index contributed by atoms with van der Waals surface area (Å²) in [4.78, 5) is 22.5. The van der Waals surface area contributed by atoms with E-state index in [2.05, 4.69) is 44.6 Å². The van der Waals surface area contributed by atoms with Crippen molar-refractivity contribution in [3.05, 3.63) is 59.7 Å². The van der Waals surface area contributed by atoms with E-state index in [9.17, 15) is 4.79 Å². The predicted octanol–water partition coefficient (Wildman–Crippen LogP) is 6.31. The molecule has 3 rings (SSSR count). The van der Waals surface area contributed by atoms with Crippen LogP contribution in [0.4, 0.5) is 4.79 Å². The number of benzene rings is 1. The minimum atomic E-state index is -1.98. The Hall–Kier alpha value is -2.38. The second-order valence-electron chi connectivity index (χ2n) is 9.97. The molecule has 0 unspecified atom stereocenters. The fourth-order valence-corrected chi connectivity index (χ4v) is 8.92. The topological polar surface area (TPSA) is 67.5 Å². The number of likely N-dealkylation sites (tertiary alicyclic amines) is 1. The van der Waals surface area contributed by atoms with Crippen LogP contribution in [-0.4, -0.2) is 48.0 Å². The quantitative estimate of drug-likeness (QED) is 0.460. The van der Waals surface area contributed by atoms with Gasteiger partial charge in [-0.05, 0) is 42.1 Å². The van der Waals surface area contributed by atoms with Gasteiger partial charge in [-0.3, -0.25) is 4.90 Å². The van der Waals surface area contributed by atoms with E-state index in [0.29, 0.717) is 6.54 Å². The molecule has 0 saturated carbocycles. The van der Waals surface area contributed by atoms with E-state index in [-0.39, 0.29) is 29.9 Å². The SMILES string of the molecule is CC[Si](CC)(O[C@@H]1C[C@@H](C=Cc2nc(C)c[nH]2)N(C(=O)OCc2ccccc2)C1)C(C)(C)C. The van der Waals surface area contributed by atoms with Crippen LogP contribution in [0.15, 0.2) is 42.6 Å². The summed E-state index contributed by atoms with van der Waals surface area (Å²) in [6.07, 6.45) is 6.34. The summed E-state index contributed by atoms with van der Waals surface area (Å²) < 4.78 is 12.6. The number of aromatic amines is 1. The first kappa shape index (κ1) is 25.2. The number of carbonyl (C=O) groups excluding carboxylic acids is 1. The Bertz CT molecular complexity index is 932. The van der Waals surface area contributed by atoms with Gasteiger partial charge in [-0.1, -0.05) is 71.0 Å². The van der Waals surface area contributed by atoms with Crippen molar-refractivity contribution in [2.45, 2.75) is 83.8 Å². The summed E-state index contributed by atoms with van der Waals surface area (Å²) in [5.41, 5.74) is 1.92. The Morgan fingerprint density at radius 3 is 2.52 bits per heavy atom. The summed E-state index contributed by atoms with van der Waals surface area (Å²) in [6, 6.07) is 11.8. The van der Waals surface area contributed by atoms with E-state index in [1.54, 1.807) is 0 Å². The Kier molecular flexibility index (Phi) is 8.18. The number of ether oxygens (including phenoxy) is 1. The number of nitrogens with one attached hydrogen (secondary N) is 1. The number of rotatable bonds is 8. The number of imidazole rings is 1. The molecule has 1 aromatic heterocycles. The molecule has 7 heteroatoms. The van der Waals surface area contributed by atoms with E-state index < -0.39 is 8.32 Å². The first-order valence-corrected chi connectivity index (χ1v) is 14.3. The number of H-pyrrole nitrogens is 1. The molecule has 1 aromatic carbocycles. The van der Waals surface area contributed by atoms with Gasteiger partial charge in [0.25, 0.3) is 0 Å². The minimum Gasteiger partial charge on any atom is -0.445 e. The Morgan fingerprint density at radius 1 is 1.24 bits per heavy atom. The Morgan fingerprint density at radius 2 is 1.94 bits per heavy atom. The average Bonchev–Trinajstić information content (AvgIpc) is 3.39. The van der Waals surface area contributed by atoms with Gasteiger partial charge < -0.3 is 14.1 Å². The van der Waals surface area contributed by atoms with Crippen molar-refractivity contribution in [1.82, 2.24) is 14.9 Å². The second kappa shape index (κ2) is 10.7. The first-order chi connectivity index (χ1) is 15.7. The van der Waals surface area contributed by atoms with Crippen molar-refractivity contribution in [1.29, 1.82) is 0 Å². The standard InChI is InChI=1S/C26H39N3O3Si/c1-7-33(8-2,26(4,5)6)32-23-16-22(14-15-24-27-17-20(3)28-24)29(18-23)25(30)31-19-21-12-10-9-11-13-21/h9-15,17,22-23H,7-8,16,18-19H2,1-6H3,(H,27,28)/t22-,23-/m1/s1. The molecule has 1 aliphatic heterocycles. The average molecular weight is 470 g/mol. The van der Waals surface area contributed by atoms with Gasteiger partial charge in [0.1, 0.15) is 12.4 Å². The molecule has 0 spiro atoms. The van der Waals surface area contributed by atoms with E-state index in [4.69, 9.17) is 9.16 Å². The lowest BCUT2D eigenvalue weighted by atomic mass is 10.2. The normalized spacial score (nSPS) is 19.4. The number of aromatic nitrogens is 2. The van der Waals surface area contributed by atoms with Crippen molar-refractivity contribution in [3.63, 3.8) is 0 Å². The number of aryl methyl sites for hydroxylation is 1. The Balaban J connectivity index is 1.76. The highest BCUT2D eigenvalue weighted by atomic mass is 28.4. The molecule has 1 fully saturated rings. The zero-order valence-electron chi connectivity index (χ0n) is 20.9. The van der Waals surface area contributed by atoms with Gasteiger partial charge in [0.15, 0.2) is 8.32 Å². The van der Waals surface area contributed by atoms with Crippen LogP contribution >= 0.6 is 0 Å². The van der Waals surface area contributed by atoms with Crippen molar-refractivity contribution in [3.8, 4) is 0 Å².